The van der Waals surface area contributed by atoms with Crippen molar-refractivity contribution in [1.82, 2.24) is 9.80 Å². The highest BCUT2D eigenvalue weighted by molar-refractivity contribution is 5.97. The first-order valence-electron chi connectivity index (χ1n) is 9.03. The molecule has 2 saturated heterocycles. The van der Waals surface area contributed by atoms with Gasteiger partial charge in [0, 0.05) is 32.4 Å². The van der Waals surface area contributed by atoms with E-state index in [1.807, 2.05) is 6.07 Å². The smallest absolute Gasteiger partial charge is 0.266 e. The first-order chi connectivity index (χ1) is 12.3. The van der Waals surface area contributed by atoms with Crippen LogP contribution in [0.2, 0.25) is 0 Å². The van der Waals surface area contributed by atoms with E-state index in [4.69, 9.17) is 4.74 Å². The van der Waals surface area contributed by atoms with Crippen molar-refractivity contribution >= 4 is 5.91 Å². The van der Waals surface area contributed by atoms with Crippen molar-refractivity contribution in [2.24, 2.45) is 5.92 Å². The molecule has 0 aliphatic carbocycles. The SMILES string of the molecule is N#C/C(=C/N1CCC(Cc2ccccc2)CC1)C(=O)N1CCOCC1. The molecule has 5 nitrogen and oxygen atoms in total. The van der Waals surface area contributed by atoms with Crippen molar-refractivity contribution in [1.29, 1.82) is 5.26 Å². The van der Waals surface area contributed by atoms with Crippen molar-refractivity contribution < 1.29 is 9.53 Å². The molecule has 3 rings (SSSR count). The molecule has 0 bridgehead atoms. The zero-order valence-corrected chi connectivity index (χ0v) is 14.6. The van der Waals surface area contributed by atoms with Crippen molar-refractivity contribution in [3.8, 4) is 6.07 Å². The Morgan fingerprint density at radius 2 is 1.84 bits per heavy atom. The number of hydrogen-bond acceptors (Lipinski definition) is 4. The number of piperidine rings is 1. The Labute approximate surface area is 149 Å². The van der Waals surface area contributed by atoms with Crippen molar-refractivity contribution in [3.05, 3.63) is 47.7 Å². The zero-order chi connectivity index (χ0) is 17.5. The predicted octanol–water partition coefficient (Wildman–Crippen LogP) is 2.21. The molecule has 0 unspecified atom stereocenters. The maximum atomic E-state index is 12.5. The minimum Gasteiger partial charge on any atom is -0.378 e. The normalized spacial score (nSPS) is 19.6. The molecule has 2 fully saturated rings. The standard InChI is InChI=1S/C20H25N3O2/c21-15-19(20(24)23-10-12-25-13-11-23)16-22-8-6-18(7-9-22)14-17-4-2-1-3-5-17/h1-5,16,18H,6-14H2/b19-16-. The van der Waals surface area contributed by atoms with Crippen LogP contribution in [0.1, 0.15) is 18.4 Å². The van der Waals surface area contributed by atoms with E-state index in [1.165, 1.54) is 5.56 Å². The molecule has 0 atom stereocenters. The molecule has 0 N–H and O–H groups in total. The summed E-state index contributed by atoms with van der Waals surface area (Å²) in [6.07, 6.45) is 5.05. The number of carbonyl (C=O) groups excluding carboxylic acids is 1. The van der Waals surface area contributed by atoms with E-state index in [2.05, 4.69) is 35.2 Å². The van der Waals surface area contributed by atoms with Crippen LogP contribution in [0.15, 0.2) is 42.1 Å². The lowest BCUT2D eigenvalue weighted by atomic mass is 9.90. The molecule has 2 heterocycles. The lowest BCUT2D eigenvalue weighted by Gasteiger charge is -2.32. The van der Waals surface area contributed by atoms with Gasteiger partial charge in [0.25, 0.3) is 5.91 Å². The minimum absolute atomic E-state index is 0.169. The molecular weight excluding hydrogens is 314 g/mol. The second kappa shape index (κ2) is 8.68. The summed E-state index contributed by atoms with van der Waals surface area (Å²) >= 11 is 0. The first kappa shape index (κ1) is 17.5. The maximum Gasteiger partial charge on any atom is 0.266 e. The second-order valence-electron chi connectivity index (χ2n) is 6.73. The molecule has 0 aromatic heterocycles. The third-order valence-electron chi connectivity index (χ3n) is 4.98. The average molecular weight is 339 g/mol. The van der Waals surface area contributed by atoms with E-state index in [1.54, 1.807) is 11.1 Å². The summed E-state index contributed by atoms with van der Waals surface area (Å²) in [5.41, 5.74) is 1.63. The molecule has 0 spiro atoms. The maximum absolute atomic E-state index is 12.5. The number of likely N-dealkylation sites (tertiary alicyclic amines) is 1. The van der Waals surface area contributed by atoms with Gasteiger partial charge < -0.3 is 14.5 Å². The zero-order valence-electron chi connectivity index (χ0n) is 14.6. The van der Waals surface area contributed by atoms with Gasteiger partial charge in [-0.15, -0.1) is 0 Å². The van der Waals surface area contributed by atoms with Crippen LogP contribution in [0.3, 0.4) is 0 Å². The minimum atomic E-state index is -0.169. The summed E-state index contributed by atoms with van der Waals surface area (Å²) in [4.78, 5) is 16.3. The third-order valence-corrected chi connectivity index (χ3v) is 4.98. The summed E-state index contributed by atoms with van der Waals surface area (Å²) in [5, 5.41) is 9.38. The van der Waals surface area contributed by atoms with Crippen molar-refractivity contribution in [2.45, 2.75) is 19.3 Å². The number of hydrogen-bond donors (Lipinski definition) is 0. The number of nitriles is 1. The Morgan fingerprint density at radius 1 is 1.16 bits per heavy atom. The lowest BCUT2D eigenvalue weighted by molar-refractivity contribution is -0.130. The molecule has 5 heteroatoms. The molecule has 25 heavy (non-hydrogen) atoms. The summed E-state index contributed by atoms with van der Waals surface area (Å²) in [6, 6.07) is 12.7. The number of morpholine rings is 1. The van der Waals surface area contributed by atoms with E-state index < -0.39 is 0 Å². The van der Waals surface area contributed by atoms with Crippen molar-refractivity contribution in [2.75, 3.05) is 39.4 Å². The quantitative estimate of drug-likeness (QED) is 0.623. The number of nitrogens with zero attached hydrogens (tertiary/aromatic N) is 3. The average Bonchev–Trinajstić information content (AvgIpc) is 2.68. The van der Waals surface area contributed by atoms with Crippen molar-refractivity contribution in [3.63, 3.8) is 0 Å². The van der Waals surface area contributed by atoms with Crippen LogP contribution in [0.5, 0.6) is 0 Å². The van der Waals surface area contributed by atoms with E-state index in [-0.39, 0.29) is 11.5 Å². The Hall–Kier alpha value is -2.32. The fourth-order valence-corrected chi connectivity index (χ4v) is 3.48. The molecule has 0 radical (unpaired) electrons. The lowest BCUT2D eigenvalue weighted by Crippen LogP contribution is -2.41. The molecule has 2 aliphatic heterocycles. The van der Waals surface area contributed by atoms with Gasteiger partial charge in [-0.2, -0.15) is 5.26 Å². The Kier molecular flexibility index (Phi) is 6.08. The van der Waals surface area contributed by atoms with E-state index in [0.29, 0.717) is 32.2 Å². The number of benzene rings is 1. The van der Waals surface area contributed by atoms with Gasteiger partial charge in [-0.3, -0.25) is 4.79 Å². The Balaban J connectivity index is 1.53. The van der Waals surface area contributed by atoms with Crippen LogP contribution < -0.4 is 0 Å². The monoisotopic (exact) mass is 339 g/mol. The molecule has 2 aliphatic rings. The van der Waals surface area contributed by atoms with Crippen LogP contribution in [0.25, 0.3) is 0 Å². The Bertz CT molecular complexity index is 637. The first-order valence-corrected chi connectivity index (χ1v) is 9.03. The van der Waals surface area contributed by atoms with Crippen LogP contribution in [-0.4, -0.2) is 55.1 Å². The van der Waals surface area contributed by atoms with E-state index in [9.17, 15) is 10.1 Å². The van der Waals surface area contributed by atoms with Gasteiger partial charge >= 0.3 is 0 Å². The van der Waals surface area contributed by atoms with Crippen LogP contribution in [-0.2, 0) is 16.0 Å². The number of ether oxygens (including phenoxy) is 1. The number of amides is 1. The topological polar surface area (TPSA) is 56.6 Å². The molecule has 1 aromatic carbocycles. The predicted molar refractivity (Wildman–Crippen MR) is 95.5 cm³/mol. The summed E-state index contributed by atoms with van der Waals surface area (Å²) in [7, 11) is 0. The highest BCUT2D eigenvalue weighted by Gasteiger charge is 2.23. The third kappa shape index (κ3) is 4.83. The Morgan fingerprint density at radius 3 is 2.48 bits per heavy atom. The number of carbonyl (C=O) groups is 1. The van der Waals surface area contributed by atoms with Crippen LogP contribution in [0.4, 0.5) is 0 Å². The van der Waals surface area contributed by atoms with Gasteiger partial charge in [-0.1, -0.05) is 30.3 Å². The largest absolute Gasteiger partial charge is 0.378 e. The molecule has 1 aromatic rings. The van der Waals surface area contributed by atoms with Crippen LogP contribution >= 0.6 is 0 Å². The molecule has 0 saturated carbocycles. The van der Waals surface area contributed by atoms with E-state index >= 15 is 0 Å². The highest BCUT2D eigenvalue weighted by atomic mass is 16.5. The summed E-state index contributed by atoms with van der Waals surface area (Å²) in [5.74, 6) is 0.504. The fraction of sp³-hybridized carbons (Fsp3) is 0.500. The van der Waals surface area contributed by atoms with Gasteiger partial charge in [-0.25, -0.2) is 0 Å². The van der Waals surface area contributed by atoms with Gasteiger partial charge in [0.15, 0.2) is 0 Å². The molecule has 1 amide bonds. The summed E-state index contributed by atoms with van der Waals surface area (Å²) in [6.45, 7) is 4.04. The van der Waals surface area contributed by atoms with Gasteiger partial charge in [0.1, 0.15) is 11.6 Å². The van der Waals surface area contributed by atoms with Gasteiger partial charge in [0.05, 0.1) is 13.2 Å². The second-order valence-corrected chi connectivity index (χ2v) is 6.73. The van der Waals surface area contributed by atoms with Gasteiger partial charge in [0.2, 0.25) is 0 Å². The molecule has 132 valence electrons. The van der Waals surface area contributed by atoms with E-state index in [0.717, 1.165) is 32.4 Å². The summed E-state index contributed by atoms with van der Waals surface area (Å²) < 4.78 is 5.27. The molecular formula is C20H25N3O2. The fourth-order valence-electron chi connectivity index (χ4n) is 3.48. The highest BCUT2D eigenvalue weighted by Crippen LogP contribution is 2.22. The van der Waals surface area contributed by atoms with Crippen LogP contribution in [0, 0.1) is 17.2 Å². The number of rotatable bonds is 4. The van der Waals surface area contributed by atoms with Gasteiger partial charge in [-0.05, 0) is 30.7 Å².